The number of nitrogens with zero attached hydrogens (tertiary/aromatic N) is 1. The normalized spacial score (nSPS) is 11.7. The van der Waals surface area contributed by atoms with Gasteiger partial charge in [-0.25, -0.2) is 4.79 Å². The number of hydrogen-bond donors (Lipinski definition) is 0. The molecule has 3 aromatic carbocycles. The lowest BCUT2D eigenvalue weighted by Gasteiger charge is -2.12. The summed E-state index contributed by atoms with van der Waals surface area (Å²) in [4.78, 5) is 12.9. The molecular formula is C29H23NO3. The van der Waals surface area contributed by atoms with Crippen LogP contribution in [-0.2, 0) is 6.61 Å². The number of benzene rings is 3. The summed E-state index contributed by atoms with van der Waals surface area (Å²) in [5, 5.41) is 4.03. The molecule has 3 aromatic heterocycles. The van der Waals surface area contributed by atoms with Crippen molar-refractivity contribution < 1.29 is 9.15 Å². The van der Waals surface area contributed by atoms with Gasteiger partial charge < -0.3 is 13.6 Å². The summed E-state index contributed by atoms with van der Waals surface area (Å²) in [6, 6.07) is 22.6. The van der Waals surface area contributed by atoms with Gasteiger partial charge in [0.05, 0.1) is 5.52 Å². The summed E-state index contributed by atoms with van der Waals surface area (Å²) < 4.78 is 13.8. The first-order valence-corrected chi connectivity index (χ1v) is 11.1. The van der Waals surface area contributed by atoms with Gasteiger partial charge in [-0.3, -0.25) is 0 Å². The van der Waals surface area contributed by atoms with E-state index in [1.54, 1.807) is 0 Å². The van der Waals surface area contributed by atoms with Gasteiger partial charge in [-0.1, -0.05) is 30.3 Å². The molecule has 6 rings (SSSR count). The van der Waals surface area contributed by atoms with E-state index >= 15 is 0 Å². The summed E-state index contributed by atoms with van der Waals surface area (Å²) in [5.41, 5.74) is 6.34. The predicted molar refractivity (Wildman–Crippen MR) is 133 cm³/mol. The molecule has 3 heterocycles. The summed E-state index contributed by atoms with van der Waals surface area (Å²) >= 11 is 0. The quantitative estimate of drug-likeness (QED) is 0.287. The Bertz CT molecular complexity index is 1760. The Morgan fingerprint density at radius 2 is 1.58 bits per heavy atom. The Kier molecular flexibility index (Phi) is 4.31. The van der Waals surface area contributed by atoms with Crippen LogP contribution in [-0.4, -0.2) is 4.40 Å². The molecule has 6 aromatic rings. The van der Waals surface area contributed by atoms with E-state index in [1.807, 2.05) is 47.9 Å². The lowest BCUT2D eigenvalue weighted by molar-refractivity contribution is 0.304. The first-order chi connectivity index (χ1) is 16.0. The molecular weight excluding hydrogens is 410 g/mol. The highest BCUT2D eigenvalue weighted by Gasteiger charge is 2.16. The third-order valence-corrected chi connectivity index (χ3v) is 6.58. The molecule has 0 saturated heterocycles. The zero-order chi connectivity index (χ0) is 22.7. The van der Waals surface area contributed by atoms with E-state index in [2.05, 4.69) is 50.2 Å². The van der Waals surface area contributed by atoms with Gasteiger partial charge in [0, 0.05) is 22.4 Å². The van der Waals surface area contributed by atoms with Gasteiger partial charge in [-0.05, 0) is 84.8 Å². The smallest absolute Gasteiger partial charge is 0.361 e. The van der Waals surface area contributed by atoms with Crippen molar-refractivity contribution in [2.45, 2.75) is 27.4 Å². The summed E-state index contributed by atoms with van der Waals surface area (Å²) in [5.74, 6) is 0.864. The van der Waals surface area contributed by atoms with Crippen LogP contribution in [0.1, 0.15) is 22.3 Å². The third kappa shape index (κ3) is 3.10. The van der Waals surface area contributed by atoms with E-state index in [-0.39, 0.29) is 5.63 Å². The lowest BCUT2D eigenvalue weighted by atomic mass is 10.0. The number of aromatic nitrogens is 1. The van der Waals surface area contributed by atoms with Crippen LogP contribution in [0.25, 0.3) is 38.2 Å². The van der Waals surface area contributed by atoms with Crippen molar-refractivity contribution in [2.24, 2.45) is 0 Å². The Labute approximate surface area is 190 Å². The second kappa shape index (κ2) is 7.24. The minimum Gasteiger partial charge on any atom is -0.489 e. The molecule has 0 aliphatic heterocycles. The molecule has 0 aliphatic rings. The second-order valence-corrected chi connectivity index (χ2v) is 8.78. The number of pyridine rings is 1. The van der Waals surface area contributed by atoms with Crippen molar-refractivity contribution in [1.29, 1.82) is 0 Å². The monoisotopic (exact) mass is 433 g/mol. The van der Waals surface area contributed by atoms with Gasteiger partial charge in [-0.2, -0.15) is 0 Å². The third-order valence-electron chi connectivity index (χ3n) is 6.58. The van der Waals surface area contributed by atoms with Crippen LogP contribution in [0.5, 0.6) is 5.75 Å². The summed E-state index contributed by atoms with van der Waals surface area (Å²) in [7, 11) is 0. The second-order valence-electron chi connectivity index (χ2n) is 8.78. The van der Waals surface area contributed by atoms with Crippen LogP contribution in [0, 0.1) is 20.8 Å². The molecule has 0 atom stereocenters. The fourth-order valence-electron chi connectivity index (χ4n) is 4.64. The maximum Gasteiger partial charge on any atom is 0.361 e. The Morgan fingerprint density at radius 3 is 2.39 bits per heavy atom. The van der Waals surface area contributed by atoms with Gasteiger partial charge in [0.25, 0.3) is 0 Å². The minimum absolute atomic E-state index is 0.320. The maximum atomic E-state index is 12.9. The molecule has 4 nitrogen and oxygen atoms in total. The first kappa shape index (κ1) is 19.6. The molecule has 0 radical (unpaired) electrons. The number of rotatable bonds is 3. The number of aryl methyl sites for hydroxylation is 3. The number of fused-ring (bicyclic) bond motifs is 7. The van der Waals surface area contributed by atoms with E-state index in [4.69, 9.17) is 9.15 Å². The van der Waals surface area contributed by atoms with Crippen molar-refractivity contribution in [3.63, 3.8) is 0 Å². The van der Waals surface area contributed by atoms with E-state index in [1.165, 1.54) is 5.56 Å². The number of hydrogen-bond acceptors (Lipinski definition) is 3. The summed E-state index contributed by atoms with van der Waals surface area (Å²) in [6.07, 6.45) is 1.94. The van der Waals surface area contributed by atoms with Crippen LogP contribution >= 0.6 is 0 Å². The van der Waals surface area contributed by atoms with Gasteiger partial charge in [-0.15, -0.1) is 0 Å². The van der Waals surface area contributed by atoms with Crippen molar-refractivity contribution in [1.82, 2.24) is 4.40 Å². The average Bonchev–Trinajstić information content (AvgIpc) is 3.21. The molecule has 0 unspecified atom stereocenters. The standard InChI is InChI=1S/C29H23NO3/c1-17-11-23-24-15-25-22-12-19(3)26(32-16-20-7-5-4-6-8-20)14-21(22)9-10-30(25)28(24)29(31)33-27(23)13-18(17)2/h4-15H,16H2,1-3H3. The minimum atomic E-state index is -0.320. The highest BCUT2D eigenvalue weighted by atomic mass is 16.5. The Morgan fingerprint density at radius 1 is 0.818 bits per heavy atom. The highest BCUT2D eigenvalue weighted by Crippen LogP contribution is 2.34. The lowest BCUT2D eigenvalue weighted by Crippen LogP contribution is -2.03. The van der Waals surface area contributed by atoms with Crippen molar-refractivity contribution >= 4 is 38.2 Å². The van der Waals surface area contributed by atoms with Gasteiger partial charge in [0.2, 0.25) is 0 Å². The van der Waals surface area contributed by atoms with Crippen LogP contribution in [0.15, 0.2) is 82.1 Å². The Balaban J connectivity index is 1.55. The molecule has 0 bridgehead atoms. The zero-order valence-electron chi connectivity index (χ0n) is 18.8. The highest BCUT2D eigenvalue weighted by molar-refractivity contribution is 6.10. The van der Waals surface area contributed by atoms with Crippen molar-refractivity contribution in [3.05, 3.63) is 106 Å². The molecule has 162 valence electrons. The van der Waals surface area contributed by atoms with Crippen LogP contribution < -0.4 is 10.4 Å². The molecule has 33 heavy (non-hydrogen) atoms. The molecule has 0 amide bonds. The average molecular weight is 434 g/mol. The van der Waals surface area contributed by atoms with Crippen LogP contribution in [0.2, 0.25) is 0 Å². The van der Waals surface area contributed by atoms with Gasteiger partial charge >= 0.3 is 5.63 Å². The fourth-order valence-corrected chi connectivity index (χ4v) is 4.64. The molecule has 4 heteroatoms. The van der Waals surface area contributed by atoms with E-state index < -0.39 is 0 Å². The van der Waals surface area contributed by atoms with E-state index in [9.17, 15) is 4.79 Å². The van der Waals surface area contributed by atoms with E-state index in [0.717, 1.165) is 49.5 Å². The van der Waals surface area contributed by atoms with Gasteiger partial charge in [0.15, 0.2) is 0 Å². The summed E-state index contributed by atoms with van der Waals surface area (Å²) in [6.45, 7) is 6.69. The predicted octanol–water partition coefficient (Wildman–Crippen LogP) is 6.86. The topological polar surface area (TPSA) is 43.8 Å². The van der Waals surface area contributed by atoms with Gasteiger partial charge in [0.1, 0.15) is 23.5 Å². The van der Waals surface area contributed by atoms with Crippen LogP contribution in [0.4, 0.5) is 0 Å². The van der Waals surface area contributed by atoms with Crippen molar-refractivity contribution in [3.8, 4) is 5.75 Å². The van der Waals surface area contributed by atoms with Crippen molar-refractivity contribution in [2.75, 3.05) is 0 Å². The fraction of sp³-hybridized carbons (Fsp3) is 0.138. The van der Waals surface area contributed by atoms with E-state index in [0.29, 0.717) is 17.7 Å². The Hall–Kier alpha value is -4.05. The first-order valence-electron chi connectivity index (χ1n) is 11.1. The van der Waals surface area contributed by atoms with Crippen LogP contribution in [0.3, 0.4) is 0 Å². The molecule has 0 N–H and O–H groups in total. The zero-order valence-corrected chi connectivity index (χ0v) is 18.8. The number of ether oxygens (including phenoxy) is 1. The maximum absolute atomic E-state index is 12.9. The largest absolute Gasteiger partial charge is 0.489 e. The molecule has 0 fully saturated rings. The molecule has 0 aliphatic carbocycles. The molecule has 0 spiro atoms. The SMILES string of the molecule is Cc1cc2oc(=O)c3c(cc4c5cc(C)c(OCc6ccccc6)cc5ccn43)c2cc1C. The molecule has 0 saturated carbocycles.